The van der Waals surface area contributed by atoms with Crippen LogP contribution in [-0.2, 0) is 6.54 Å². The molecule has 0 saturated carbocycles. The van der Waals surface area contributed by atoms with Crippen molar-refractivity contribution in [3.63, 3.8) is 0 Å². The Labute approximate surface area is 178 Å². The van der Waals surface area contributed by atoms with E-state index >= 15 is 0 Å². The third kappa shape index (κ3) is 5.00. The van der Waals surface area contributed by atoms with Gasteiger partial charge in [0.15, 0.2) is 5.82 Å². The van der Waals surface area contributed by atoms with Gasteiger partial charge in [-0.2, -0.15) is 4.68 Å². The van der Waals surface area contributed by atoms with Crippen LogP contribution in [0, 0.1) is 6.92 Å². The maximum Gasteiger partial charge on any atom is 0.344 e. The van der Waals surface area contributed by atoms with Crippen LogP contribution < -0.4 is 5.32 Å². The lowest BCUT2D eigenvalue weighted by Crippen LogP contribution is -2.53. The fourth-order valence-corrected chi connectivity index (χ4v) is 3.81. The lowest BCUT2D eigenvalue weighted by Gasteiger charge is -2.45. The van der Waals surface area contributed by atoms with Gasteiger partial charge in [-0.25, -0.2) is 4.79 Å². The van der Waals surface area contributed by atoms with Crippen LogP contribution in [0.4, 0.5) is 10.6 Å². The van der Waals surface area contributed by atoms with Crippen molar-refractivity contribution in [1.29, 1.82) is 0 Å². The molecule has 3 rings (SSSR count). The average molecular weight is 416 g/mol. The highest BCUT2D eigenvalue weighted by Crippen LogP contribution is 2.29. The second-order valence-electron chi connectivity index (χ2n) is 8.26. The summed E-state index contributed by atoms with van der Waals surface area (Å²) in [5.74, 6) is 0.630. The minimum atomic E-state index is -0.0854. The number of likely N-dealkylation sites (tertiary alicyclic amines) is 1. The number of aromatic nitrogens is 2. The van der Waals surface area contributed by atoms with E-state index in [0.29, 0.717) is 18.9 Å². The second-order valence-corrected chi connectivity index (χ2v) is 8.66. The molecule has 6 nitrogen and oxygen atoms in total. The first-order chi connectivity index (χ1) is 13.7. The molecule has 0 spiro atoms. The molecule has 1 aromatic heterocycles. The van der Waals surface area contributed by atoms with E-state index in [9.17, 15) is 4.79 Å². The van der Waals surface area contributed by atoms with Crippen LogP contribution >= 0.6 is 11.6 Å². The summed E-state index contributed by atoms with van der Waals surface area (Å²) in [5, 5.41) is 8.13. The first-order valence-corrected chi connectivity index (χ1v) is 10.3. The first kappa shape index (κ1) is 21.4. The van der Waals surface area contributed by atoms with Crippen LogP contribution in [0.5, 0.6) is 0 Å². The zero-order valence-electron chi connectivity index (χ0n) is 17.7. The van der Waals surface area contributed by atoms with Crippen molar-refractivity contribution < 1.29 is 4.79 Å². The number of amides is 1. The summed E-state index contributed by atoms with van der Waals surface area (Å²) in [7, 11) is 2.16. The molecule has 2 heterocycles. The Hall–Kier alpha value is -2.31. The Morgan fingerprint density at radius 3 is 2.66 bits per heavy atom. The minimum absolute atomic E-state index is 0.0428. The molecule has 1 aliphatic heterocycles. The maximum absolute atomic E-state index is 12.8. The van der Waals surface area contributed by atoms with Crippen molar-refractivity contribution >= 4 is 23.4 Å². The number of piperidine rings is 1. The zero-order chi connectivity index (χ0) is 21.2. The molecule has 1 amide bonds. The van der Waals surface area contributed by atoms with E-state index in [1.54, 1.807) is 12.3 Å². The van der Waals surface area contributed by atoms with E-state index in [1.165, 1.54) is 10.2 Å². The quantitative estimate of drug-likeness (QED) is 0.765. The summed E-state index contributed by atoms with van der Waals surface area (Å²) < 4.78 is 1.40. The Balaban J connectivity index is 1.59. The number of anilines is 1. The summed E-state index contributed by atoms with van der Waals surface area (Å²) in [6, 6.07) is 7.89. The Bertz CT molecular complexity index is 898. The fourth-order valence-electron chi connectivity index (χ4n) is 3.69. The van der Waals surface area contributed by atoms with Gasteiger partial charge in [0.1, 0.15) is 0 Å². The number of hydrogen-bond donors (Lipinski definition) is 1. The van der Waals surface area contributed by atoms with E-state index in [2.05, 4.69) is 48.0 Å². The van der Waals surface area contributed by atoms with Crippen LogP contribution in [0.15, 0.2) is 42.7 Å². The molecule has 0 bridgehead atoms. The molecule has 2 aromatic rings. The van der Waals surface area contributed by atoms with Gasteiger partial charge >= 0.3 is 6.03 Å². The molecule has 156 valence electrons. The van der Waals surface area contributed by atoms with Crippen molar-refractivity contribution in [3.05, 3.63) is 58.9 Å². The molecule has 0 unspecified atom stereocenters. The Morgan fingerprint density at radius 1 is 1.34 bits per heavy atom. The smallest absolute Gasteiger partial charge is 0.343 e. The average Bonchev–Trinajstić information content (AvgIpc) is 3.12. The monoisotopic (exact) mass is 415 g/mol. The predicted octanol–water partition coefficient (Wildman–Crippen LogP) is 4.75. The van der Waals surface area contributed by atoms with Crippen LogP contribution in [0.1, 0.15) is 37.8 Å². The molecule has 1 N–H and O–H groups in total. The van der Waals surface area contributed by atoms with Gasteiger partial charge < -0.3 is 10.2 Å². The van der Waals surface area contributed by atoms with Crippen LogP contribution in [0.2, 0.25) is 5.02 Å². The second kappa shape index (κ2) is 8.59. The lowest BCUT2D eigenvalue weighted by atomic mass is 9.87. The number of carbonyl (C=O) groups excluding carboxylic acids is 1. The van der Waals surface area contributed by atoms with Gasteiger partial charge in [-0.05, 0) is 57.9 Å². The highest BCUT2D eigenvalue weighted by Gasteiger charge is 2.35. The van der Waals surface area contributed by atoms with Crippen LogP contribution in [0.25, 0.3) is 0 Å². The van der Waals surface area contributed by atoms with E-state index < -0.39 is 0 Å². The highest BCUT2D eigenvalue weighted by atomic mass is 35.5. The molecular weight excluding hydrogens is 386 g/mol. The summed E-state index contributed by atoms with van der Waals surface area (Å²) in [5.41, 5.74) is 3.18. The number of aryl methyl sites for hydroxylation is 1. The third-order valence-corrected chi connectivity index (χ3v) is 6.23. The lowest BCUT2D eigenvalue weighted by molar-refractivity contribution is 0.0585. The third-order valence-electron chi connectivity index (χ3n) is 5.80. The van der Waals surface area contributed by atoms with Gasteiger partial charge in [-0.15, -0.1) is 5.10 Å². The molecular formula is C22H30ClN5O. The minimum Gasteiger partial charge on any atom is -0.343 e. The molecule has 1 fully saturated rings. The first-order valence-electron chi connectivity index (χ1n) is 9.92. The van der Waals surface area contributed by atoms with Gasteiger partial charge in [-0.1, -0.05) is 30.3 Å². The van der Waals surface area contributed by atoms with E-state index in [-0.39, 0.29) is 11.6 Å². The zero-order valence-corrected chi connectivity index (χ0v) is 18.5. The van der Waals surface area contributed by atoms with Gasteiger partial charge in [0.25, 0.3) is 0 Å². The van der Waals surface area contributed by atoms with Gasteiger partial charge in [0, 0.05) is 48.2 Å². The predicted molar refractivity (Wildman–Crippen MR) is 118 cm³/mol. The maximum atomic E-state index is 12.8. The van der Waals surface area contributed by atoms with Crippen molar-refractivity contribution in [2.45, 2.75) is 45.7 Å². The number of benzene rings is 1. The van der Waals surface area contributed by atoms with E-state index in [0.717, 1.165) is 35.7 Å². The van der Waals surface area contributed by atoms with Crippen LogP contribution in [-0.4, -0.2) is 51.3 Å². The molecule has 29 heavy (non-hydrogen) atoms. The molecule has 0 aliphatic carbocycles. The van der Waals surface area contributed by atoms with Crippen LogP contribution in [0.3, 0.4) is 0 Å². The number of halogens is 1. The SMILES string of the molecule is C=C(C)Nc1ccn(C(=O)N2CCC(C)(N(C)Cc3ccc(Cl)c(C)c3)CC2)n1. The Kier molecular flexibility index (Phi) is 6.34. The number of nitrogens with one attached hydrogen (secondary N) is 1. The van der Waals surface area contributed by atoms with Gasteiger partial charge in [0.05, 0.1) is 0 Å². The van der Waals surface area contributed by atoms with E-state index in [4.69, 9.17) is 11.6 Å². The summed E-state index contributed by atoms with van der Waals surface area (Å²) in [6.45, 7) is 12.2. The van der Waals surface area contributed by atoms with Gasteiger partial charge in [0.2, 0.25) is 0 Å². The van der Waals surface area contributed by atoms with Crippen molar-refractivity contribution in [2.75, 3.05) is 25.5 Å². The van der Waals surface area contributed by atoms with E-state index in [1.807, 2.05) is 24.8 Å². The van der Waals surface area contributed by atoms with Crippen molar-refractivity contribution in [3.8, 4) is 0 Å². The fraction of sp³-hybridized carbons (Fsp3) is 0.455. The molecule has 1 aromatic carbocycles. The number of carbonyl (C=O) groups is 1. The van der Waals surface area contributed by atoms with Crippen molar-refractivity contribution in [1.82, 2.24) is 19.6 Å². The number of hydrogen-bond acceptors (Lipinski definition) is 4. The molecule has 7 heteroatoms. The van der Waals surface area contributed by atoms with Crippen molar-refractivity contribution in [2.24, 2.45) is 0 Å². The standard InChI is InChI=1S/C22H30ClN5O/c1-16(2)24-20-8-11-28(25-20)21(29)27-12-9-22(4,10-13-27)26(5)15-18-6-7-19(23)17(3)14-18/h6-8,11,14H,1,9-10,12-13,15H2,2-5H3,(H,24,25). The normalized spacial score (nSPS) is 16.1. The van der Waals surface area contributed by atoms with Gasteiger partial charge in [-0.3, -0.25) is 4.90 Å². The number of rotatable bonds is 5. The molecule has 1 aliphatic rings. The largest absolute Gasteiger partial charge is 0.344 e. The molecule has 1 saturated heterocycles. The highest BCUT2D eigenvalue weighted by molar-refractivity contribution is 6.31. The Morgan fingerprint density at radius 2 is 2.03 bits per heavy atom. The summed E-state index contributed by atoms with van der Waals surface area (Å²) >= 11 is 6.15. The molecule has 0 radical (unpaired) electrons. The molecule has 0 atom stereocenters. The number of nitrogens with zero attached hydrogens (tertiary/aromatic N) is 4. The summed E-state index contributed by atoms with van der Waals surface area (Å²) in [6.07, 6.45) is 3.52. The number of allylic oxidation sites excluding steroid dienone is 1. The topological polar surface area (TPSA) is 53.4 Å². The summed E-state index contributed by atoms with van der Waals surface area (Å²) in [4.78, 5) is 17.1.